The number of urea groups is 1. The van der Waals surface area contributed by atoms with Crippen molar-refractivity contribution in [1.82, 2.24) is 15.3 Å². The molecule has 8 nitrogen and oxygen atoms in total. The summed E-state index contributed by atoms with van der Waals surface area (Å²) >= 11 is 0. The number of hydrogen-bond donors (Lipinski definition) is 2. The number of halogens is 3. The third-order valence-electron chi connectivity index (χ3n) is 6.92. The van der Waals surface area contributed by atoms with Crippen molar-refractivity contribution in [3.8, 4) is 11.4 Å². The Morgan fingerprint density at radius 3 is 2.49 bits per heavy atom. The average molecular weight is 560 g/mol. The molecule has 2 N–H and O–H groups in total. The molecule has 2 aliphatic rings. The lowest BCUT2D eigenvalue weighted by molar-refractivity contribution is -0.139. The smallest absolute Gasteiger partial charge is 0.377 e. The van der Waals surface area contributed by atoms with E-state index < -0.39 is 27.3 Å². The largest absolute Gasteiger partial charge is 0.417 e. The molecule has 39 heavy (non-hydrogen) atoms. The molecule has 2 fully saturated rings. The Bertz CT molecular complexity index is 1400. The van der Waals surface area contributed by atoms with Crippen molar-refractivity contribution in [2.45, 2.75) is 41.6 Å². The lowest BCUT2D eigenvalue weighted by Crippen LogP contribution is -2.44. The molecule has 5 rings (SSSR count). The number of aromatic nitrogens is 2. The third kappa shape index (κ3) is 5.48. The van der Waals surface area contributed by atoms with Crippen LogP contribution in [0.1, 0.15) is 31.0 Å². The van der Waals surface area contributed by atoms with E-state index in [0.29, 0.717) is 61.2 Å². The third-order valence-corrected chi connectivity index (χ3v) is 9.00. The van der Waals surface area contributed by atoms with Gasteiger partial charge >= 0.3 is 12.2 Å². The Balaban J connectivity index is 1.58. The van der Waals surface area contributed by atoms with Crippen LogP contribution in [0.4, 0.5) is 29.5 Å². The summed E-state index contributed by atoms with van der Waals surface area (Å²) in [4.78, 5) is 23.0. The van der Waals surface area contributed by atoms with Crippen LogP contribution in [0.15, 0.2) is 59.5 Å². The molecule has 3 aromatic rings. The fourth-order valence-electron chi connectivity index (χ4n) is 4.63. The number of nitrogens with one attached hydrogen (secondary N) is 2. The molecule has 0 bridgehead atoms. The standard InChI is InChI=1S/C27H28F3N5O3S/c1-17-16-38-14-13-35(17)23-15-22(33-24(34-23)18-7-9-19(10-8-18)32-25(36)31-2)26(11-12-26)39(37)21-6-4-3-5-20(21)27(28,29)30/h3-10,15,17H,11-14,16H2,1-2H3,(H2,31,32,36)/t17-,39?/m0/s1. The van der Waals surface area contributed by atoms with Gasteiger partial charge in [0, 0.05) is 30.9 Å². The minimum atomic E-state index is -4.63. The van der Waals surface area contributed by atoms with Crippen molar-refractivity contribution in [2.24, 2.45) is 0 Å². The number of amides is 2. The monoisotopic (exact) mass is 559 g/mol. The number of morpholine rings is 1. The fourth-order valence-corrected chi connectivity index (χ4v) is 6.40. The molecule has 2 amide bonds. The summed E-state index contributed by atoms with van der Waals surface area (Å²) in [5.41, 5.74) is 0.771. The molecule has 2 atom stereocenters. The van der Waals surface area contributed by atoms with Crippen LogP contribution >= 0.6 is 0 Å². The molecule has 0 radical (unpaired) electrons. The zero-order valence-electron chi connectivity index (χ0n) is 21.4. The van der Waals surface area contributed by atoms with Crippen LogP contribution in [0.2, 0.25) is 0 Å². The van der Waals surface area contributed by atoms with Crippen molar-refractivity contribution in [3.63, 3.8) is 0 Å². The van der Waals surface area contributed by atoms with Gasteiger partial charge < -0.3 is 20.3 Å². The Hall–Kier alpha value is -3.51. The predicted molar refractivity (Wildman–Crippen MR) is 142 cm³/mol. The van der Waals surface area contributed by atoms with Gasteiger partial charge in [-0.25, -0.2) is 14.8 Å². The lowest BCUT2D eigenvalue weighted by Gasteiger charge is -2.34. The van der Waals surface area contributed by atoms with Crippen molar-refractivity contribution in [1.29, 1.82) is 0 Å². The van der Waals surface area contributed by atoms with E-state index in [0.717, 1.165) is 6.07 Å². The van der Waals surface area contributed by atoms with E-state index in [1.54, 1.807) is 30.3 Å². The molecule has 1 unspecified atom stereocenters. The average Bonchev–Trinajstić information content (AvgIpc) is 3.75. The van der Waals surface area contributed by atoms with E-state index >= 15 is 0 Å². The lowest BCUT2D eigenvalue weighted by atomic mass is 10.1. The van der Waals surface area contributed by atoms with Gasteiger partial charge in [0.1, 0.15) is 5.82 Å². The number of rotatable bonds is 6. The number of anilines is 2. The number of carbonyl (C=O) groups excluding carboxylic acids is 1. The molecule has 2 heterocycles. The summed E-state index contributed by atoms with van der Waals surface area (Å²) < 4.78 is 59.7. The molecule has 0 spiro atoms. The van der Waals surface area contributed by atoms with Crippen molar-refractivity contribution < 1.29 is 26.9 Å². The van der Waals surface area contributed by atoms with Crippen LogP contribution in [-0.2, 0) is 26.5 Å². The van der Waals surface area contributed by atoms with E-state index in [1.807, 2.05) is 6.92 Å². The Morgan fingerprint density at radius 1 is 1.13 bits per heavy atom. The van der Waals surface area contributed by atoms with Crippen LogP contribution in [0.25, 0.3) is 11.4 Å². The first-order valence-corrected chi connectivity index (χ1v) is 13.7. The molecule has 1 aliphatic heterocycles. The van der Waals surface area contributed by atoms with Gasteiger partial charge in [-0.3, -0.25) is 4.21 Å². The van der Waals surface area contributed by atoms with Gasteiger partial charge in [0.05, 0.1) is 51.0 Å². The molecule has 206 valence electrons. The molecule has 1 saturated heterocycles. The summed E-state index contributed by atoms with van der Waals surface area (Å²) in [7, 11) is -0.482. The number of benzene rings is 2. The molecular weight excluding hydrogens is 531 g/mol. The molecule has 12 heteroatoms. The SMILES string of the molecule is CNC(=O)Nc1ccc(-c2nc(N3CCOC[C@@H]3C)cc(C3(S(=O)c4ccccc4C(F)(F)F)CC3)n2)cc1. The van der Waals surface area contributed by atoms with Gasteiger partial charge in [0.15, 0.2) is 5.82 Å². The maximum atomic E-state index is 13.8. The molecular formula is C27H28F3N5O3S. The van der Waals surface area contributed by atoms with Crippen molar-refractivity contribution in [2.75, 3.05) is 37.0 Å². The normalized spacial score (nSPS) is 19.3. The maximum Gasteiger partial charge on any atom is 0.417 e. The van der Waals surface area contributed by atoms with Crippen LogP contribution in [0.3, 0.4) is 0 Å². The van der Waals surface area contributed by atoms with Gasteiger partial charge in [0.2, 0.25) is 0 Å². The number of alkyl halides is 3. The van der Waals surface area contributed by atoms with E-state index in [1.165, 1.54) is 25.2 Å². The summed E-state index contributed by atoms with van der Waals surface area (Å²) in [6.45, 7) is 3.60. The van der Waals surface area contributed by atoms with Crippen LogP contribution in [0, 0.1) is 0 Å². The Kier molecular flexibility index (Phi) is 7.34. The van der Waals surface area contributed by atoms with Gasteiger partial charge in [-0.05, 0) is 56.2 Å². The molecule has 2 aromatic carbocycles. The second-order valence-electron chi connectivity index (χ2n) is 9.59. The van der Waals surface area contributed by atoms with Crippen LogP contribution < -0.4 is 15.5 Å². The van der Waals surface area contributed by atoms with Crippen LogP contribution in [0.5, 0.6) is 0 Å². The topological polar surface area (TPSA) is 96.5 Å². The minimum absolute atomic E-state index is 0.0140. The summed E-state index contributed by atoms with van der Waals surface area (Å²) in [6.07, 6.45) is -3.75. The number of ether oxygens (including phenoxy) is 1. The highest BCUT2D eigenvalue weighted by Crippen LogP contribution is 2.54. The second kappa shape index (κ2) is 10.6. The zero-order chi connectivity index (χ0) is 27.8. The molecule has 1 aromatic heterocycles. The van der Waals surface area contributed by atoms with Gasteiger partial charge in [-0.1, -0.05) is 12.1 Å². The van der Waals surface area contributed by atoms with Gasteiger partial charge in [-0.2, -0.15) is 13.2 Å². The van der Waals surface area contributed by atoms with Crippen LogP contribution in [-0.4, -0.2) is 53.1 Å². The Labute approximate surface area is 226 Å². The first kappa shape index (κ1) is 27.1. The molecule has 1 saturated carbocycles. The maximum absolute atomic E-state index is 13.8. The van der Waals surface area contributed by atoms with E-state index in [2.05, 4.69) is 15.5 Å². The number of hydrogen-bond acceptors (Lipinski definition) is 6. The highest BCUT2D eigenvalue weighted by atomic mass is 32.2. The quantitative estimate of drug-likeness (QED) is 0.445. The summed E-state index contributed by atoms with van der Waals surface area (Å²) in [5.74, 6) is 0.964. The first-order chi connectivity index (χ1) is 18.6. The second-order valence-corrected chi connectivity index (χ2v) is 11.3. The summed E-state index contributed by atoms with van der Waals surface area (Å²) in [6, 6.07) is 13.4. The first-order valence-electron chi connectivity index (χ1n) is 12.5. The van der Waals surface area contributed by atoms with E-state index in [9.17, 15) is 22.2 Å². The number of carbonyl (C=O) groups is 1. The Morgan fingerprint density at radius 2 is 1.85 bits per heavy atom. The number of nitrogens with zero attached hydrogens (tertiary/aromatic N) is 3. The van der Waals surface area contributed by atoms with Crippen molar-refractivity contribution in [3.05, 3.63) is 65.9 Å². The van der Waals surface area contributed by atoms with Gasteiger partial charge in [0.25, 0.3) is 0 Å². The highest BCUT2D eigenvalue weighted by Gasteiger charge is 2.54. The zero-order valence-corrected chi connectivity index (χ0v) is 22.2. The minimum Gasteiger partial charge on any atom is -0.377 e. The molecule has 1 aliphatic carbocycles. The van der Waals surface area contributed by atoms with E-state index in [-0.39, 0.29) is 17.0 Å². The fraction of sp³-hybridized carbons (Fsp3) is 0.370. The summed E-state index contributed by atoms with van der Waals surface area (Å²) in [5, 5.41) is 5.18. The predicted octanol–water partition coefficient (Wildman–Crippen LogP) is 4.94. The van der Waals surface area contributed by atoms with Gasteiger partial charge in [-0.15, -0.1) is 0 Å². The van der Waals surface area contributed by atoms with Crippen molar-refractivity contribution >= 4 is 28.3 Å². The van der Waals surface area contributed by atoms with E-state index in [4.69, 9.17) is 14.7 Å². The highest BCUT2D eigenvalue weighted by molar-refractivity contribution is 7.86.